The highest BCUT2D eigenvalue weighted by Crippen LogP contribution is 2.30. The van der Waals surface area contributed by atoms with Gasteiger partial charge in [0.15, 0.2) is 0 Å². The zero-order valence-electron chi connectivity index (χ0n) is 8.13. The molecule has 0 aromatic heterocycles. The minimum atomic E-state index is -0.542. The van der Waals surface area contributed by atoms with Gasteiger partial charge in [0.1, 0.15) is 11.6 Å². The van der Waals surface area contributed by atoms with Crippen molar-refractivity contribution in [1.29, 1.82) is 0 Å². The zero-order valence-corrected chi connectivity index (χ0v) is 8.13. The van der Waals surface area contributed by atoms with E-state index < -0.39 is 11.9 Å². The van der Waals surface area contributed by atoms with Gasteiger partial charge in [0, 0.05) is 11.6 Å². The first-order valence-corrected chi connectivity index (χ1v) is 4.51. The molecule has 1 atom stereocenters. The van der Waals surface area contributed by atoms with Crippen LogP contribution in [-0.4, -0.2) is 11.7 Å². The number of aryl methyl sites for hydroxylation is 1. The quantitative estimate of drug-likeness (QED) is 0.683. The lowest BCUT2D eigenvalue weighted by Crippen LogP contribution is -2.17. The molecule has 0 radical (unpaired) electrons. The van der Waals surface area contributed by atoms with E-state index in [2.05, 4.69) is 0 Å². The number of aromatic hydroxyl groups is 1. The molecule has 1 aromatic rings. The molecule has 0 amide bonds. The summed E-state index contributed by atoms with van der Waals surface area (Å²) in [6.45, 7) is 2.07. The molecule has 78 valence electrons. The Hall–Kier alpha value is -1.13. The molecule has 14 heavy (non-hydrogen) atoms. The molecule has 0 fully saturated rings. The lowest BCUT2D eigenvalue weighted by Gasteiger charge is -2.14. The van der Waals surface area contributed by atoms with E-state index >= 15 is 0 Å². The highest BCUT2D eigenvalue weighted by molar-refractivity contribution is 5.42. The number of nitrogens with two attached hydrogens (primary N) is 2. The average Bonchev–Trinajstić information content (AvgIpc) is 2.13. The number of hydrogen-bond acceptors (Lipinski definition) is 3. The van der Waals surface area contributed by atoms with E-state index in [-0.39, 0.29) is 11.3 Å². The van der Waals surface area contributed by atoms with Gasteiger partial charge in [0.25, 0.3) is 0 Å². The van der Waals surface area contributed by atoms with Crippen LogP contribution in [0.3, 0.4) is 0 Å². The summed E-state index contributed by atoms with van der Waals surface area (Å²) in [6.07, 6.45) is 0.452. The molecule has 0 heterocycles. The Kier molecular flexibility index (Phi) is 3.43. The van der Waals surface area contributed by atoms with E-state index in [1.54, 1.807) is 6.92 Å². The van der Waals surface area contributed by atoms with E-state index in [1.165, 1.54) is 12.1 Å². The van der Waals surface area contributed by atoms with Crippen LogP contribution in [0, 0.1) is 12.7 Å². The maximum absolute atomic E-state index is 13.3. The van der Waals surface area contributed by atoms with Crippen molar-refractivity contribution in [3.63, 3.8) is 0 Å². The van der Waals surface area contributed by atoms with Crippen molar-refractivity contribution in [2.75, 3.05) is 6.54 Å². The van der Waals surface area contributed by atoms with Gasteiger partial charge in [-0.25, -0.2) is 4.39 Å². The van der Waals surface area contributed by atoms with Crippen LogP contribution in [0.1, 0.15) is 23.6 Å². The third-order valence-electron chi connectivity index (χ3n) is 2.21. The predicted octanol–water partition coefficient (Wildman–Crippen LogP) is 1.19. The van der Waals surface area contributed by atoms with Crippen LogP contribution in [0.4, 0.5) is 4.39 Å². The third kappa shape index (κ3) is 2.02. The number of rotatable bonds is 3. The summed E-state index contributed by atoms with van der Waals surface area (Å²) in [7, 11) is 0. The topological polar surface area (TPSA) is 72.3 Å². The molecule has 3 nitrogen and oxygen atoms in total. The fourth-order valence-corrected chi connectivity index (χ4v) is 1.37. The van der Waals surface area contributed by atoms with Crippen LogP contribution in [-0.2, 0) is 0 Å². The second-order valence-electron chi connectivity index (χ2n) is 3.31. The van der Waals surface area contributed by atoms with E-state index in [0.717, 1.165) is 0 Å². The van der Waals surface area contributed by atoms with Gasteiger partial charge in [0.2, 0.25) is 0 Å². The first-order chi connectivity index (χ1) is 6.57. The first kappa shape index (κ1) is 10.9. The van der Waals surface area contributed by atoms with Crippen molar-refractivity contribution in [2.45, 2.75) is 19.4 Å². The summed E-state index contributed by atoms with van der Waals surface area (Å²) in [5.74, 6) is -0.542. The smallest absolute Gasteiger partial charge is 0.131 e. The van der Waals surface area contributed by atoms with Crippen LogP contribution in [0.2, 0.25) is 0 Å². The van der Waals surface area contributed by atoms with Crippen molar-refractivity contribution < 1.29 is 9.50 Å². The van der Waals surface area contributed by atoms with Crippen LogP contribution in [0.25, 0.3) is 0 Å². The highest BCUT2D eigenvalue weighted by atomic mass is 19.1. The lowest BCUT2D eigenvalue weighted by atomic mass is 10.0. The maximum Gasteiger partial charge on any atom is 0.131 e. The molecule has 4 heteroatoms. The molecular weight excluding hydrogens is 183 g/mol. The Morgan fingerprint density at radius 2 is 2.14 bits per heavy atom. The minimum absolute atomic E-state index is 0.0639. The largest absolute Gasteiger partial charge is 0.507 e. The van der Waals surface area contributed by atoms with Crippen LogP contribution in [0.15, 0.2) is 12.1 Å². The standard InChI is InChI=1S/C10H15FN2O/c1-6-2-3-7(11)9(10(6)14)8(13)4-5-12/h2-3,8,14H,4-5,12-13H2,1H3/t8-/m0/s1. The maximum atomic E-state index is 13.3. The molecule has 1 aromatic carbocycles. The van der Waals surface area contributed by atoms with Crippen LogP contribution in [0.5, 0.6) is 5.75 Å². The Labute approximate surface area is 82.5 Å². The van der Waals surface area contributed by atoms with Gasteiger partial charge in [-0.1, -0.05) is 6.07 Å². The highest BCUT2D eigenvalue weighted by Gasteiger charge is 2.16. The predicted molar refractivity (Wildman–Crippen MR) is 53.4 cm³/mol. The third-order valence-corrected chi connectivity index (χ3v) is 2.21. The van der Waals surface area contributed by atoms with Gasteiger partial charge in [0.05, 0.1) is 0 Å². The number of halogens is 1. The minimum Gasteiger partial charge on any atom is -0.507 e. The number of hydrogen-bond donors (Lipinski definition) is 3. The number of phenols is 1. The molecule has 0 saturated heterocycles. The monoisotopic (exact) mass is 198 g/mol. The Morgan fingerprint density at radius 3 is 2.71 bits per heavy atom. The van der Waals surface area contributed by atoms with Gasteiger partial charge in [-0.15, -0.1) is 0 Å². The van der Waals surface area contributed by atoms with Crippen molar-refractivity contribution in [3.8, 4) is 5.75 Å². The van der Waals surface area contributed by atoms with Gasteiger partial charge in [-0.3, -0.25) is 0 Å². The van der Waals surface area contributed by atoms with Crippen molar-refractivity contribution in [3.05, 3.63) is 29.1 Å². The summed E-state index contributed by atoms with van der Waals surface area (Å²) in [5.41, 5.74) is 11.8. The summed E-state index contributed by atoms with van der Waals surface area (Å²) in [6, 6.07) is 2.28. The molecule has 0 unspecified atom stereocenters. The van der Waals surface area contributed by atoms with Gasteiger partial charge in [-0.2, -0.15) is 0 Å². The summed E-state index contributed by atoms with van der Waals surface area (Å²) >= 11 is 0. The Bertz CT molecular complexity index is 328. The van der Waals surface area contributed by atoms with Crippen molar-refractivity contribution in [1.82, 2.24) is 0 Å². The van der Waals surface area contributed by atoms with Crippen LogP contribution < -0.4 is 11.5 Å². The second-order valence-corrected chi connectivity index (χ2v) is 3.31. The van der Waals surface area contributed by atoms with E-state index in [4.69, 9.17) is 11.5 Å². The van der Waals surface area contributed by atoms with E-state index in [9.17, 15) is 9.50 Å². The van der Waals surface area contributed by atoms with Crippen LogP contribution >= 0.6 is 0 Å². The molecule has 0 saturated carbocycles. The Morgan fingerprint density at radius 1 is 1.50 bits per heavy atom. The average molecular weight is 198 g/mol. The molecule has 0 spiro atoms. The van der Waals surface area contributed by atoms with Gasteiger partial charge in [-0.05, 0) is 31.5 Å². The lowest BCUT2D eigenvalue weighted by molar-refractivity contribution is 0.442. The molecule has 1 rings (SSSR count). The van der Waals surface area contributed by atoms with Crippen molar-refractivity contribution in [2.24, 2.45) is 11.5 Å². The fraction of sp³-hybridized carbons (Fsp3) is 0.400. The molecule has 0 bridgehead atoms. The van der Waals surface area contributed by atoms with E-state index in [1.807, 2.05) is 0 Å². The number of benzene rings is 1. The fourth-order valence-electron chi connectivity index (χ4n) is 1.37. The first-order valence-electron chi connectivity index (χ1n) is 4.51. The van der Waals surface area contributed by atoms with E-state index in [0.29, 0.717) is 18.5 Å². The molecular formula is C10H15FN2O. The number of phenolic OH excluding ortho intramolecular Hbond substituents is 1. The van der Waals surface area contributed by atoms with Crippen molar-refractivity contribution >= 4 is 0 Å². The Balaban J connectivity index is 3.11. The van der Waals surface area contributed by atoms with Gasteiger partial charge < -0.3 is 16.6 Å². The molecule has 5 N–H and O–H groups in total. The summed E-state index contributed by atoms with van der Waals surface area (Å²) in [5, 5.41) is 9.61. The molecule has 0 aliphatic heterocycles. The summed E-state index contributed by atoms with van der Waals surface area (Å²) < 4.78 is 13.3. The normalized spacial score (nSPS) is 12.9. The molecule has 0 aliphatic carbocycles. The second kappa shape index (κ2) is 4.39. The SMILES string of the molecule is Cc1ccc(F)c([C@@H](N)CCN)c1O. The van der Waals surface area contributed by atoms with Gasteiger partial charge >= 0.3 is 0 Å². The summed E-state index contributed by atoms with van der Waals surface area (Å²) in [4.78, 5) is 0. The molecule has 0 aliphatic rings. The zero-order chi connectivity index (χ0) is 10.7.